The molecule has 4 rings (SSSR count). The predicted octanol–water partition coefficient (Wildman–Crippen LogP) is 3.67. The maximum atomic E-state index is 13.8. The van der Waals surface area contributed by atoms with Crippen LogP contribution in [-0.2, 0) is 9.47 Å². The van der Waals surface area contributed by atoms with Crippen molar-refractivity contribution in [1.29, 1.82) is 5.26 Å². The molecule has 0 aliphatic carbocycles. The van der Waals surface area contributed by atoms with Gasteiger partial charge in [0, 0.05) is 16.3 Å². The van der Waals surface area contributed by atoms with Gasteiger partial charge < -0.3 is 18.9 Å². The number of fused-ring (bicyclic) bond motifs is 1. The number of hydrogen-bond acceptors (Lipinski definition) is 6. The van der Waals surface area contributed by atoms with Gasteiger partial charge in [-0.15, -0.1) is 0 Å². The average molecular weight is 380 g/mol. The lowest BCUT2D eigenvalue weighted by Gasteiger charge is -2.16. The standard InChI is InChI=1S/C21H17FN2O4/c1-25-15-5-6-17-18(8-15)20(13-3-2-4-14(22)7-13)19(9-23)24-21(17)27-11-16-10-26-12-28-16/h2-8,16H,10-12H2,1H3. The normalized spacial score (nSPS) is 16.1. The molecule has 1 atom stereocenters. The van der Waals surface area contributed by atoms with Crippen LogP contribution in [0, 0.1) is 17.1 Å². The minimum Gasteiger partial charge on any atom is -0.497 e. The molecule has 0 spiro atoms. The van der Waals surface area contributed by atoms with E-state index in [0.717, 1.165) is 0 Å². The fraction of sp³-hybridized carbons (Fsp3) is 0.238. The summed E-state index contributed by atoms with van der Waals surface area (Å²) in [5.41, 5.74) is 1.23. The topological polar surface area (TPSA) is 73.6 Å². The summed E-state index contributed by atoms with van der Waals surface area (Å²) in [6.45, 7) is 0.928. The van der Waals surface area contributed by atoms with Crippen LogP contribution in [-0.4, -0.2) is 38.2 Å². The second-order valence-electron chi connectivity index (χ2n) is 6.26. The Morgan fingerprint density at radius 3 is 2.86 bits per heavy atom. The summed E-state index contributed by atoms with van der Waals surface area (Å²) < 4.78 is 35.6. The first-order valence-electron chi connectivity index (χ1n) is 8.69. The highest BCUT2D eigenvalue weighted by Gasteiger charge is 2.21. The van der Waals surface area contributed by atoms with Crippen LogP contribution in [0.15, 0.2) is 42.5 Å². The van der Waals surface area contributed by atoms with E-state index < -0.39 is 5.82 Å². The fourth-order valence-electron chi connectivity index (χ4n) is 3.16. The van der Waals surface area contributed by atoms with Crippen LogP contribution in [0.4, 0.5) is 4.39 Å². The van der Waals surface area contributed by atoms with E-state index in [4.69, 9.17) is 18.9 Å². The number of rotatable bonds is 5. The maximum Gasteiger partial charge on any atom is 0.222 e. The third-order valence-electron chi connectivity index (χ3n) is 4.49. The molecule has 1 aliphatic rings. The first kappa shape index (κ1) is 18.2. The summed E-state index contributed by atoms with van der Waals surface area (Å²) >= 11 is 0. The second-order valence-corrected chi connectivity index (χ2v) is 6.26. The van der Waals surface area contributed by atoms with Gasteiger partial charge in [-0.1, -0.05) is 12.1 Å². The number of pyridine rings is 1. The maximum absolute atomic E-state index is 13.8. The summed E-state index contributed by atoms with van der Waals surface area (Å²) in [5.74, 6) is 0.528. The summed E-state index contributed by atoms with van der Waals surface area (Å²) in [7, 11) is 1.56. The Kier molecular flexibility index (Phi) is 5.06. The van der Waals surface area contributed by atoms with Gasteiger partial charge in [0.15, 0.2) is 5.69 Å². The van der Waals surface area contributed by atoms with Gasteiger partial charge in [0.1, 0.15) is 37.1 Å². The zero-order valence-corrected chi connectivity index (χ0v) is 15.1. The highest BCUT2D eigenvalue weighted by atomic mass is 19.1. The lowest BCUT2D eigenvalue weighted by molar-refractivity contribution is 0.0316. The molecule has 2 aromatic carbocycles. The second kappa shape index (κ2) is 7.80. The van der Waals surface area contributed by atoms with Crippen molar-refractivity contribution >= 4 is 10.8 Å². The van der Waals surface area contributed by atoms with Gasteiger partial charge in [0.05, 0.1) is 13.7 Å². The highest BCUT2D eigenvalue weighted by molar-refractivity contribution is 6.01. The SMILES string of the molecule is COc1ccc2c(OCC3COCO3)nc(C#N)c(-c3cccc(F)c3)c2c1. The summed E-state index contributed by atoms with van der Waals surface area (Å²) in [6, 6.07) is 13.6. The lowest BCUT2D eigenvalue weighted by Crippen LogP contribution is -2.20. The van der Waals surface area contributed by atoms with Crippen LogP contribution >= 0.6 is 0 Å². The Hall–Kier alpha value is -3.21. The molecule has 2 heterocycles. The van der Waals surface area contributed by atoms with E-state index in [2.05, 4.69) is 11.1 Å². The quantitative estimate of drug-likeness (QED) is 0.672. The van der Waals surface area contributed by atoms with E-state index in [1.807, 2.05) is 6.07 Å². The van der Waals surface area contributed by atoms with Crippen molar-refractivity contribution in [3.05, 3.63) is 54.0 Å². The highest BCUT2D eigenvalue weighted by Crippen LogP contribution is 2.37. The molecule has 1 aromatic heterocycles. The number of hydrogen-bond donors (Lipinski definition) is 0. The number of aromatic nitrogens is 1. The van der Waals surface area contributed by atoms with Gasteiger partial charge in [-0.3, -0.25) is 0 Å². The molecule has 7 heteroatoms. The Balaban J connectivity index is 1.88. The van der Waals surface area contributed by atoms with E-state index in [-0.39, 0.29) is 25.2 Å². The molecule has 28 heavy (non-hydrogen) atoms. The number of halogens is 1. The number of nitriles is 1. The lowest BCUT2D eigenvalue weighted by atomic mass is 9.97. The van der Waals surface area contributed by atoms with E-state index in [0.29, 0.717) is 40.1 Å². The zero-order chi connectivity index (χ0) is 19.5. The smallest absolute Gasteiger partial charge is 0.222 e. The molecule has 142 valence electrons. The minimum atomic E-state index is -0.392. The van der Waals surface area contributed by atoms with Crippen LogP contribution < -0.4 is 9.47 Å². The third-order valence-corrected chi connectivity index (χ3v) is 4.49. The summed E-state index contributed by atoms with van der Waals surface area (Å²) in [5, 5.41) is 11.1. The fourth-order valence-corrected chi connectivity index (χ4v) is 3.16. The number of nitrogens with zero attached hydrogens (tertiary/aromatic N) is 2. The molecular formula is C21H17FN2O4. The van der Waals surface area contributed by atoms with Crippen molar-refractivity contribution in [2.24, 2.45) is 0 Å². The van der Waals surface area contributed by atoms with Gasteiger partial charge in [-0.25, -0.2) is 9.37 Å². The average Bonchev–Trinajstić information content (AvgIpc) is 3.24. The van der Waals surface area contributed by atoms with Crippen LogP contribution in [0.1, 0.15) is 5.69 Å². The molecule has 6 nitrogen and oxygen atoms in total. The van der Waals surface area contributed by atoms with Crippen molar-refractivity contribution in [3.63, 3.8) is 0 Å². The van der Waals surface area contributed by atoms with Gasteiger partial charge >= 0.3 is 0 Å². The van der Waals surface area contributed by atoms with Gasteiger partial charge in [0.2, 0.25) is 5.88 Å². The molecular weight excluding hydrogens is 363 g/mol. The van der Waals surface area contributed by atoms with E-state index >= 15 is 0 Å². The number of benzene rings is 2. The van der Waals surface area contributed by atoms with Gasteiger partial charge in [-0.05, 0) is 35.9 Å². The summed E-state index contributed by atoms with van der Waals surface area (Å²) in [4.78, 5) is 4.40. The molecule has 0 N–H and O–H groups in total. The Labute approximate surface area is 161 Å². The van der Waals surface area contributed by atoms with Crippen molar-refractivity contribution in [3.8, 4) is 28.8 Å². The molecule has 0 saturated carbocycles. The summed E-state index contributed by atoms with van der Waals surface area (Å²) in [6.07, 6.45) is -0.191. The van der Waals surface area contributed by atoms with Crippen molar-refractivity contribution in [1.82, 2.24) is 4.98 Å². The monoisotopic (exact) mass is 380 g/mol. The van der Waals surface area contributed by atoms with Crippen LogP contribution in [0.3, 0.4) is 0 Å². The van der Waals surface area contributed by atoms with Crippen LogP contribution in [0.25, 0.3) is 21.9 Å². The van der Waals surface area contributed by atoms with E-state index in [9.17, 15) is 9.65 Å². The predicted molar refractivity (Wildman–Crippen MR) is 99.6 cm³/mol. The van der Waals surface area contributed by atoms with Crippen LogP contribution in [0.2, 0.25) is 0 Å². The molecule has 3 aromatic rings. The third kappa shape index (κ3) is 3.48. The Morgan fingerprint density at radius 1 is 1.25 bits per heavy atom. The Morgan fingerprint density at radius 2 is 2.14 bits per heavy atom. The minimum absolute atomic E-state index is 0.143. The molecule has 1 unspecified atom stereocenters. The molecule has 1 fully saturated rings. The molecule has 0 bridgehead atoms. The Bertz CT molecular complexity index is 1060. The largest absolute Gasteiger partial charge is 0.497 e. The van der Waals surface area contributed by atoms with Crippen LogP contribution in [0.5, 0.6) is 11.6 Å². The van der Waals surface area contributed by atoms with E-state index in [1.54, 1.807) is 31.4 Å². The van der Waals surface area contributed by atoms with Crippen molar-refractivity contribution < 1.29 is 23.3 Å². The molecule has 0 amide bonds. The van der Waals surface area contributed by atoms with Gasteiger partial charge in [-0.2, -0.15) is 5.26 Å². The van der Waals surface area contributed by atoms with Crippen molar-refractivity contribution in [2.75, 3.05) is 27.1 Å². The number of methoxy groups -OCH3 is 1. The first-order valence-corrected chi connectivity index (χ1v) is 8.69. The molecule has 0 radical (unpaired) electrons. The molecule has 1 saturated heterocycles. The number of ether oxygens (including phenoxy) is 4. The van der Waals surface area contributed by atoms with Gasteiger partial charge in [0.25, 0.3) is 0 Å². The van der Waals surface area contributed by atoms with E-state index in [1.165, 1.54) is 12.1 Å². The first-order chi connectivity index (χ1) is 13.7. The molecule has 1 aliphatic heterocycles. The zero-order valence-electron chi connectivity index (χ0n) is 15.1. The van der Waals surface area contributed by atoms with Crippen molar-refractivity contribution in [2.45, 2.75) is 6.10 Å².